The number of nitrogens with one attached hydrogen (secondary N) is 1. The number of carbonyl (C=O) groups excluding carboxylic acids is 1. The van der Waals surface area contributed by atoms with Crippen LogP contribution in [0.5, 0.6) is 5.75 Å². The van der Waals surface area contributed by atoms with Crippen molar-refractivity contribution in [3.8, 4) is 5.75 Å². The first-order valence-corrected chi connectivity index (χ1v) is 8.75. The van der Waals surface area contributed by atoms with E-state index >= 15 is 0 Å². The average Bonchev–Trinajstić information content (AvgIpc) is 2.62. The summed E-state index contributed by atoms with van der Waals surface area (Å²) in [4.78, 5) is 14.1. The quantitative estimate of drug-likeness (QED) is 0.785. The summed E-state index contributed by atoms with van der Waals surface area (Å²) in [6.45, 7) is 4.99. The maximum Gasteiger partial charge on any atom is 0.257 e. The molecule has 4 nitrogen and oxygen atoms in total. The molecule has 2 rings (SSSR count). The summed E-state index contributed by atoms with van der Waals surface area (Å²) in [5, 5.41) is 3.10. The summed E-state index contributed by atoms with van der Waals surface area (Å²) in [5.74, 6) is 1.13. The van der Waals surface area contributed by atoms with Gasteiger partial charge in [0.25, 0.3) is 5.91 Å². The number of rotatable bonds is 6. The van der Waals surface area contributed by atoms with Crippen molar-refractivity contribution < 1.29 is 9.53 Å². The van der Waals surface area contributed by atoms with Gasteiger partial charge in [-0.05, 0) is 61.0 Å². The molecule has 0 saturated heterocycles. The van der Waals surface area contributed by atoms with Gasteiger partial charge in [0.05, 0.1) is 6.61 Å². The molecule has 1 N–H and O–H groups in total. The van der Waals surface area contributed by atoms with E-state index in [1.807, 2.05) is 37.4 Å². The number of benzene rings is 2. The molecule has 0 aliphatic carbocycles. The fraction of sp³-hybridized carbons (Fsp3) is 0.300. The first-order valence-electron chi connectivity index (χ1n) is 8.34. The number of carbonyl (C=O) groups is 1. The van der Waals surface area contributed by atoms with Crippen LogP contribution in [0.4, 0.5) is 5.69 Å². The smallest absolute Gasteiger partial charge is 0.257 e. The first kappa shape index (κ1) is 18.9. The molecule has 0 atom stereocenters. The fourth-order valence-electron chi connectivity index (χ4n) is 2.14. The fourth-order valence-corrected chi connectivity index (χ4v) is 2.34. The van der Waals surface area contributed by atoms with E-state index in [0.29, 0.717) is 23.2 Å². The summed E-state index contributed by atoms with van der Waals surface area (Å²) >= 11 is 5.31. The molecule has 0 bridgehead atoms. The molecule has 0 saturated carbocycles. The second kappa shape index (κ2) is 9.18. The van der Waals surface area contributed by atoms with Gasteiger partial charge in [-0.2, -0.15) is 0 Å². The van der Waals surface area contributed by atoms with Gasteiger partial charge in [0, 0.05) is 18.3 Å². The van der Waals surface area contributed by atoms with Gasteiger partial charge in [-0.1, -0.05) is 32.0 Å². The number of para-hydroxylation sites is 1. The summed E-state index contributed by atoms with van der Waals surface area (Å²) in [6, 6.07) is 16.7. The Balaban J connectivity index is 1.91. The molecule has 0 spiro atoms. The molecule has 2 aromatic carbocycles. The van der Waals surface area contributed by atoms with Gasteiger partial charge < -0.3 is 9.64 Å². The van der Waals surface area contributed by atoms with Gasteiger partial charge in [0.2, 0.25) is 0 Å². The lowest BCUT2D eigenvalue weighted by atomic mass is 10.1. The number of anilines is 1. The monoisotopic (exact) mass is 356 g/mol. The zero-order valence-corrected chi connectivity index (χ0v) is 15.7. The third kappa shape index (κ3) is 5.87. The number of hydrogen-bond acceptors (Lipinski definition) is 3. The van der Waals surface area contributed by atoms with Gasteiger partial charge in [-0.15, -0.1) is 0 Å². The minimum atomic E-state index is -0.235. The van der Waals surface area contributed by atoms with Crippen LogP contribution >= 0.6 is 12.2 Å². The van der Waals surface area contributed by atoms with Gasteiger partial charge in [-0.3, -0.25) is 10.1 Å². The summed E-state index contributed by atoms with van der Waals surface area (Å²) in [5.41, 5.74) is 1.46. The number of nitrogens with zero attached hydrogens (tertiary/aromatic N) is 1. The van der Waals surface area contributed by atoms with Crippen LogP contribution in [0.15, 0.2) is 54.6 Å². The zero-order chi connectivity index (χ0) is 18.2. The highest BCUT2D eigenvalue weighted by molar-refractivity contribution is 7.80. The first-order chi connectivity index (χ1) is 12.0. The van der Waals surface area contributed by atoms with E-state index in [1.54, 1.807) is 29.2 Å². The lowest BCUT2D eigenvalue weighted by molar-refractivity contribution is 0.0977. The Hall–Kier alpha value is -2.40. The van der Waals surface area contributed by atoms with Crippen LogP contribution in [0.3, 0.4) is 0 Å². The third-order valence-corrected chi connectivity index (χ3v) is 4.12. The molecule has 0 radical (unpaired) electrons. The molecule has 132 valence electrons. The topological polar surface area (TPSA) is 41.6 Å². The second-order valence-electron chi connectivity index (χ2n) is 6.21. The Morgan fingerprint density at radius 3 is 2.36 bits per heavy atom. The Kier molecular flexibility index (Phi) is 6.95. The van der Waals surface area contributed by atoms with Crippen molar-refractivity contribution in [3.63, 3.8) is 0 Å². The van der Waals surface area contributed by atoms with Crippen LogP contribution in [0.25, 0.3) is 0 Å². The molecule has 5 heteroatoms. The highest BCUT2D eigenvalue weighted by Crippen LogP contribution is 2.14. The second-order valence-corrected chi connectivity index (χ2v) is 6.60. The molecule has 0 heterocycles. The van der Waals surface area contributed by atoms with E-state index in [-0.39, 0.29) is 5.91 Å². The lowest BCUT2D eigenvalue weighted by Crippen LogP contribution is -2.40. The van der Waals surface area contributed by atoms with Crippen LogP contribution in [0.1, 0.15) is 30.6 Å². The summed E-state index contributed by atoms with van der Waals surface area (Å²) in [7, 11) is 1.82. The van der Waals surface area contributed by atoms with Crippen molar-refractivity contribution in [1.82, 2.24) is 5.32 Å². The lowest BCUT2D eigenvalue weighted by Gasteiger charge is -2.20. The maximum atomic E-state index is 12.3. The standard InChI is InChI=1S/C20H24N2O2S/c1-15(2)13-14-24-18-11-9-16(10-12-18)19(23)21-20(25)22(3)17-7-5-4-6-8-17/h4-12,15H,13-14H2,1-3H3,(H,21,23,25). The van der Waals surface area contributed by atoms with E-state index in [2.05, 4.69) is 19.2 Å². The number of ether oxygens (including phenoxy) is 1. The SMILES string of the molecule is CC(C)CCOc1ccc(C(=O)NC(=S)N(C)c2ccccc2)cc1. The summed E-state index contributed by atoms with van der Waals surface area (Å²) < 4.78 is 5.66. The number of amides is 1. The van der Waals surface area contributed by atoms with Crippen LogP contribution < -0.4 is 15.0 Å². The minimum Gasteiger partial charge on any atom is -0.494 e. The minimum absolute atomic E-state index is 0.235. The normalized spacial score (nSPS) is 10.4. The van der Waals surface area contributed by atoms with Gasteiger partial charge in [0.15, 0.2) is 5.11 Å². The third-order valence-electron chi connectivity index (χ3n) is 3.75. The number of hydrogen-bond donors (Lipinski definition) is 1. The van der Waals surface area contributed by atoms with Crippen LogP contribution in [-0.4, -0.2) is 24.7 Å². The summed E-state index contributed by atoms with van der Waals surface area (Å²) in [6.07, 6.45) is 1.00. The molecule has 2 aromatic rings. The predicted molar refractivity (Wildman–Crippen MR) is 106 cm³/mol. The molecule has 0 aromatic heterocycles. The number of thiocarbonyl (C=S) groups is 1. The van der Waals surface area contributed by atoms with Gasteiger partial charge in [0.1, 0.15) is 5.75 Å². The Bertz CT molecular complexity index is 699. The molecule has 0 aliphatic rings. The predicted octanol–water partition coefficient (Wildman–Crippen LogP) is 4.26. The van der Waals surface area contributed by atoms with Crippen molar-refractivity contribution >= 4 is 28.9 Å². The maximum absolute atomic E-state index is 12.3. The average molecular weight is 356 g/mol. The van der Waals surface area contributed by atoms with E-state index in [4.69, 9.17) is 17.0 Å². The molecule has 0 aliphatic heterocycles. The van der Waals surface area contributed by atoms with Crippen molar-refractivity contribution in [2.75, 3.05) is 18.6 Å². The van der Waals surface area contributed by atoms with Crippen LogP contribution in [-0.2, 0) is 0 Å². The van der Waals surface area contributed by atoms with Crippen molar-refractivity contribution in [1.29, 1.82) is 0 Å². The van der Waals surface area contributed by atoms with Gasteiger partial charge in [-0.25, -0.2) is 0 Å². The van der Waals surface area contributed by atoms with E-state index in [1.165, 1.54) is 0 Å². The van der Waals surface area contributed by atoms with Crippen LogP contribution in [0, 0.1) is 5.92 Å². The van der Waals surface area contributed by atoms with Crippen molar-refractivity contribution in [3.05, 3.63) is 60.2 Å². The largest absolute Gasteiger partial charge is 0.494 e. The molecule has 0 fully saturated rings. The zero-order valence-electron chi connectivity index (χ0n) is 14.9. The molecule has 0 unspecified atom stereocenters. The van der Waals surface area contributed by atoms with E-state index < -0.39 is 0 Å². The Labute approximate surface area is 154 Å². The Morgan fingerprint density at radius 2 is 1.76 bits per heavy atom. The highest BCUT2D eigenvalue weighted by Gasteiger charge is 2.12. The van der Waals surface area contributed by atoms with Crippen molar-refractivity contribution in [2.24, 2.45) is 5.92 Å². The Morgan fingerprint density at radius 1 is 1.12 bits per heavy atom. The molecular weight excluding hydrogens is 332 g/mol. The van der Waals surface area contributed by atoms with E-state index in [9.17, 15) is 4.79 Å². The van der Waals surface area contributed by atoms with E-state index in [0.717, 1.165) is 17.9 Å². The van der Waals surface area contributed by atoms with Crippen LogP contribution in [0.2, 0.25) is 0 Å². The molecular formula is C20H24N2O2S. The van der Waals surface area contributed by atoms with Crippen molar-refractivity contribution in [2.45, 2.75) is 20.3 Å². The molecule has 1 amide bonds. The highest BCUT2D eigenvalue weighted by atomic mass is 32.1. The van der Waals surface area contributed by atoms with Gasteiger partial charge >= 0.3 is 0 Å². The molecule has 25 heavy (non-hydrogen) atoms.